The van der Waals surface area contributed by atoms with Crippen LogP contribution in [0, 0.1) is 35.0 Å². The van der Waals surface area contributed by atoms with Crippen molar-refractivity contribution in [3.8, 4) is 17.2 Å². The number of hydrogen-bond donors (Lipinski definition) is 0. The summed E-state index contributed by atoms with van der Waals surface area (Å²) in [7, 11) is 0. The zero-order valence-electron chi connectivity index (χ0n) is 16.2. The van der Waals surface area contributed by atoms with Gasteiger partial charge in [-0.05, 0) is 42.4 Å². The van der Waals surface area contributed by atoms with E-state index < -0.39 is 0 Å². The van der Waals surface area contributed by atoms with Crippen LogP contribution in [0.15, 0.2) is 48.7 Å². The van der Waals surface area contributed by atoms with Gasteiger partial charge in [0.1, 0.15) is 6.10 Å². The molecule has 1 saturated carbocycles. The van der Waals surface area contributed by atoms with Crippen molar-refractivity contribution in [2.24, 2.45) is 23.7 Å². The first-order valence-corrected chi connectivity index (χ1v) is 9.90. The molecule has 1 aromatic heterocycles. The van der Waals surface area contributed by atoms with E-state index in [2.05, 4.69) is 37.1 Å². The quantitative estimate of drug-likeness (QED) is 0.722. The number of rotatable bonds is 3. The summed E-state index contributed by atoms with van der Waals surface area (Å²) in [5.41, 5.74) is 3.36. The predicted molar refractivity (Wildman–Crippen MR) is 108 cm³/mol. The summed E-state index contributed by atoms with van der Waals surface area (Å²) in [6.45, 7) is 4.52. The van der Waals surface area contributed by atoms with Gasteiger partial charge in [-0.1, -0.05) is 44.2 Å². The van der Waals surface area contributed by atoms with Crippen LogP contribution in [-0.4, -0.2) is 17.1 Å². The summed E-state index contributed by atoms with van der Waals surface area (Å²) >= 11 is 0. The van der Waals surface area contributed by atoms with E-state index in [1.54, 1.807) is 0 Å². The molecule has 1 unspecified atom stereocenters. The largest absolute Gasteiger partial charge is 0.462 e. The van der Waals surface area contributed by atoms with Gasteiger partial charge in [0.15, 0.2) is 0 Å². The third-order valence-electron chi connectivity index (χ3n) is 6.40. The van der Waals surface area contributed by atoms with Crippen molar-refractivity contribution >= 4 is 12.0 Å². The fourth-order valence-corrected chi connectivity index (χ4v) is 4.61. The summed E-state index contributed by atoms with van der Waals surface area (Å²) in [5.74, 6) is 1.57. The highest BCUT2D eigenvalue weighted by Crippen LogP contribution is 2.45. The SMILES string of the molecule is C[C@H]1C[C@@H]2OC(=O)C[C@@H]2C(/C=C/c2ccc(-c3ccccc3C#N)cn2)[C@@H]1C. The Hall–Kier alpha value is -2.93. The van der Waals surface area contributed by atoms with E-state index in [4.69, 9.17) is 4.74 Å². The molecule has 1 saturated heterocycles. The zero-order valence-corrected chi connectivity index (χ0v) is 16.2. The van der Waals surface area contributed by atoms with Gasteiger partial charge in [0, 0.05) is 23.2 Å². The molecule has 0 amide bonds. The first-order chi connectivity index (χ1) is 13.6. The Kier molecular flexibility index (Phi) is 5.00. The summed E-state index contributed by atoms with van der Waals surface area (Å²) in [6, 6.07) is 13.8. The number of carbonyl (C=O) groups is 1. The molecule has 2 aliphatic rings. The summed E-state index contributed by atoms with van der Waals surface area (Å²) < 4.78 is 5.54. The maximum Gasteiger partial charge on any atom is 0.306 e. The molecule has 142 valence electrons. The van der Waals surface area contributed by atoms with Crippen molar-refractivity contribution in [2.75, 3.05) is 0 Å². The van der Waals surface area contributed by atoms with Gasteiger partial charge in [0.25, 0.3) is 0 Å². The fourth-order valence-electron chi connectivity index (χ4n) is 4.61. The molecule has 0 radical (unpaired) electrons. The lowest BCUT2D eigenvalue weighted by atomic mass is 9.66. The van der Waals surface area contributed by atoms with Crippen molar-refractivity contribution in [1.82, 2.24) is 4.98 Å². The first-order valence-electron chi connectivity index (χ1n) is 9.90. The molecular weight excluding hydrogens is 348 g/mol. The van der Waals surface area contributed by atoms with Crippen LogP contribution in [0.4, 0.5) is 0 Å². The van der Waals surface area contributed by atoms with Crippen LogP contribution in [-0.2, 0) is 9.53 Å². The summed E-state index contributed by atoms with van der Waals surface area (Å²) in [5, 5.41) is 9.29. The van der Waals surface area contributed by atoms with Gasteiger partial charge in [0.2, 0.25) is 0 Å². The summed E-state index contributed by atoms with van der Waals surface area (Å²) in [4.78, 5) is 16.4. The predicted octanol–water partition coefficient (Wildman–Crippen LogP) is 4.86. The highest BCUT2D eigenvalue weighted by atomic mass is 16.5. The Labute approximate surface area is 165 Å². The van der Waals surface area contributed by atoms with Crippen molar-refractivity contribution in [2.45, 2.75) is 32.8 Å². The number of hydrogen-bond acceptors (Lipinski definition) is 4. The Morgan fingerprint density at radius 2 is 2.04 bits per heavy atom. The number of fused-ring (bicyclic) bond motifs is 1. The molecule has 4 rings (SSSR count). The second-order valence-electron chi connectivity index (χ2n) is 8.03. The molecule has 2 aromatic rings. The molecule has 1 aliphatic heterocycles. The number of carbonyl (C=O) groups excluding carboxylic acids is 1. The molecule has 2 fully saturated rings. The van der Waals surface area contributed by atoms with Crippen LogP contribution in [0.3, 0.4) is 0 Å². The monoisotopic (exact) mass is 372 g/mol. The molecule has 0 bridgehead atoms. The average molecular weight is 372 g/mol. The normalized spacial score (nSPS) is 29.3. The molecule has 2 heterocycles. The molecule has 1 aromatic carbocycles. The van der Waals surface area contributed by atoms with Crippen molar-refractivity contribution < 1.29 is 9.53 Å². The molecular formula is C24H24N2O2. The molecule has 5 atom stereocenters. The van der Waals surface area contributed by atoms with Crippen LogP contribution in [0.5, 0.6) is 0 Å². The van der Waals surface area contributed by atoms with E-state index in [-0.39, 0.29) is 18.0 Å². The van der Waals surface area contributed by atoms with Gasteiger partial charge in [-0.15, -0.1) is 0 Å². The lowest BCUT2D eigenvalue weighted by Gasteiger charge is -2.39. The number of nitriles is 1. The zero-order chi connectivity index (χ0) is 19.7. The van der Waals surface area contributed by atoms with Gasteiger partial charge in [-0.2, -0.15) is 5.26 Å². The van der Waals surface area contributed by atoms with E-state index in [1.807, 2.05) is 42.6 Å². The summed E-state index contributed by atoms with van der Waals surface area (Å²) in [6.07, 6.45) is 7.63. The van der Waals surface area contributed by atoms with E-state index in [0.717, 1.165) is 23.2 Å². The number of benzene rings is 1. The third kappa shape index (κ3) is 3.45. The number of nitrogens with zero attached hydrogens (tertiary/aromatic N) is 2. The Morgan fingerprint density at radius 1 is 1.21 bits per heavy atom. The Morgan fingerprint density at radius 3 is 2.79 bits per heavy atom. The van der Waals surface area contributed by atoms with Crippen molar-refractivity contribution in [1.29, 1.82) is 5.26 Å². The highest BCUT2D eigenvalue weighted by Gasteiger charge is 2.46. The number of ether oxygens (including phenoxy) is 1. The standard InChI is InChI=1S/C24H24N2O2/c1-15-11-23-22(12-24(27)28-23)20(16(15)2)10-9-19-8-7-18(14-26-19)21-6-4-3-5-17(21)13-25/h3-10,14-16,20,22-23H,11-12H2,1-2H3/b10-9+/t15-,16+,20?,22+,23-/m0/s1. The number of esters is 1. The average Bonchev–Trinajstić information content (AvgIpc) is 3.08. The lowest BCUT2D eigenvalue weighted by Crippen LogP contribution is -2.38. The minimum atomic E-state index is -0.0617. The maximum absolute atomic E-state index is 11.8. The van der Waals surface area contributed by atoms with Gasteiger partial charge < -0.3 is 4.74 Å². The topological polar surface area (TPSA) is 63.0 Å². The second kappa shape index (κ2) is 7.59. The van der Waals surface area contributed by atoms with Gasteiger partial charge in [-0.25, -0.2) is 0 Å². The van der Waals surface area contributed by atoms with Gasteiger partial charge in [-0.3, -0.25) is 9.78 Å². The smallest absolute Gasteiger partial charge is 0.306 e. The Bertz CT molecular complexity index is 942. The minimum Gasteiger partial charge on any atom is -0.462 e. The molecule has 0 N–H and O–H groups in total. The minimum absolute atomic E-state index is 0.0613. The van der Waals surface area contributed by atoms with Crippen LogP contribution in [0.2, 0.25) is 0 Å². The van der Waals surface area contributed by atoms with E-state index in [0.29, 0.717) is 29.7 Å². The molecule has 4 nitrogen and oxygen atoms in total. The highest BCUT2D eigenvalue weighted by molar-refractivity contribution is 5.72. The molecule has 4 heteroatoms. The molecule has 1 aliphatic carbocycles. The number of allylic oxidation sites excluding steroid dienone is 1. The third-order valence-corrected chi connectivity index (χ3v) is 6.40. The second-order valence-corrected chi connectivity index (χ2v) is 8.03. The van der Waals surface area contributed by atoms with Crippen LogP contribution >= 0.6 is 0 Å². The first kappa shape index (κ1) is 18.4. The molecule has 28 heavy (non-hydrogen) atoms. The van der Waals surface area contributed by atoms with E-state index in [9.17, 15) is 10.1 Å². The number of pyridine rings is 1. The Balaban J connectivity index is 1.54. The number of aromatic nitrogens is 1. The maximum atomic E-state index is 11.8. The lowest BCUT2D eigenvalue weighted by molar-refractivity contribution is -0.142. The van der Waals surface area contributed by atoms with Crippen LogP contribution in [0.1, 0.15) is 37.9 Å². The van der Waals surface area contributed by atoms with Crippen LogP contribution < -0.4 is 0 Å². The molecule has 0 spiro atoms. The van der Waals surface area contributed by atoms with E-state index >= 15 is 0 Å². The van der Waals surface area contributed by atoms with Gasteiger partial charge >= 0.3 is 5.97 Å². The fraction of sp³-hybridized carbons (Fsp3) is 0.375. The van der Waals surface area contributed by atoms with Crippen molar-refractivity contribution in [3.05, 3.63) is 59.9 Å². The van der Waals surface area contributed by atoms with Crippen molar-refractivity contribution in [3.63, 3.8) is 0 Å². The van der Waals surface area contributed by atoms with E-state index in [1.165, 1.54) is 0 Å². The van der Waals surface area contributed by atoms with Gasteiger partial charge in [0.05, 0.1) is 23.7 Å². The van der Waals surface area contributed by atoms with Crippen LogP contribution in [0.25, 0.3) is 17.2 Å².